The van der Waals surface area contributed by atoms with Crippen LogP contribution in [0.3, 0.4) is 0 Å². The Morgan fingerprint density at radius 1 is 0.911 bits per heavy atom. The Morgan fingerprint density at radius 2 is 1.56 bits per heavy atom. The van der Waals surface area contributed by atoms with Crippen molar-refractivity contribution in [2.45, 2.75) is 50.6 Å². The monoisotopic (exact) mass is 649 g/mol. The highest BCUT2D eigenvalue weighted by molar-refractivity contribution is 7.92. The van der Waals surface area contributed by atoms with E-state index in [1.807, 2.05) is 37.3 Å². The fraction of sp³-hybridized carbons (Fsp3) is 0.257. The minimum Gasteiger partial charge on any atom is -0.354 e. The molecule has 10 heteroatoms. The molecule has 0 saturated heterocycles. The number of nitrogens with one attached hydrogen (secondary N) is 1. The Bertz CT molecular complexity index is 1700. The fourth-order valence-corrected chi connectivity index (χ4v) is 6.73. The van der Waals surface area contributed by atoms with Gasteiger partial charge in [-0.05, 0) is 60.9 Å². The number of halogens is 2. The summed E-state index contributed by atoms with van der Waals surface area (Å²) in [5, 5.41) is 3.33. The number of sulfonamides is 1. The predicted molar refractivity (Wildman–Crippen MR) is 176 cm³/mol. The summed E-state index contributed by atoms with van der Waals surface area (Å²) in [4.78, 5) is 29.5. The van der Waals surface area contributed by atoms with Crippen molar-refractivity contribution in [1.82, 2.24) is 10.2 Å². The molecule has 0 bridgehead atoms. The number of aryl methyl sites for hydroxylation is 1. The lowest BCUT2D eigenvalue weighted by Crippen LogP contribution is -2.53. The first kappa shape index (κ1) is 33.7. The molecule has 0 saturated carbocycles. The van der Waals surface area contributed by atoms with E-state index in [-0.39, 0.29) is 29.1 Å². The number of rotatable bonds is 14. The SMILES string of the molecule is CCCCNC(=O)[C@@H](Cc1ccccc1)N(Cc1ccccc1F)C(=O)CN(c1ccc(Cl)cc1C)S(=O)(=O)c1ccccc1. The molecule has 0 spiro atoms. The average Bonchev–Trinajstić information content (AvgIpc) is 3.03. The van der Waals surface area contributed by atoms with E-state index in [0.29, 0.717) is 17.1 Å². The molecule has 45 heavy (non-hydrogen) atoms. The summed E-state index contributed by atoms with van der Waals surface area (Å²) in [6.07, 6.45) is 1.74. The minimum atomic E-state index is -4.25. The lowest BCUT2D eigenvalue weighted by molar-refractivity contribution is -0.140. The number of carbonyl (C=O) groups excluding carboxylic acids is 2. The van der Waals surface area contributed by atoms with Gasteiger partial charge in [-0.3, -0.25) is 13.9 Å². The maximum atomic E-state index is 15.0. The molecule has 4 aromatic rings. The van der Waals surface area contributed by atoms with E-state index >= 15 is 4.39 Å². The zero-order valence-electron chi connectivity index (χ0n) is 25.3. The molecule has 0 aliphatic carbocycles. The number of unbranched alkanes of at least 4 members (excludes halogenated alkanes) is 1. The predicted octanol–water partition coefficient (Wildman–Crippen LogP) is 6.54. The third-order valence-corrected chi connectivity index (χ3v) is 9.45. The van der Waals surface area contributed by atoms with E-state index in [9.17, 15) is 18.0 Å². The molecule has 1 N–H and O–H groups in total. The number of benzene rings is 4. The molecule has 2 amide bonds. The number of carbonyl (C=O) groups is 2. The summed E-state index contributed by atoms with van der Waals surface area (Å²) in [7, 11) is -4.25. The first-order valence-electron chi connectivity index (χ1n) is 14.8. The standard InChI is InChI=1S/C35H37ClFN3O4S/c1-3-4-21-38-35(42)33(23-27-13-7-5-8-14-27)39(24-28-15-11-12-18-31(28)37)34(41)25-40(32-20-19-29(36)22-26(32)2)45(43,44)30-16-9-6-10-17-30/h5-20,22,33H,3-4,21,23-25H2,1-2H3,(H,38,42)/t33-/m1/s1. The lowest BCUT2D eigenvalue weighted by Gasteiger charge is -2.34. The summed E-state index contributed by atoms with van der Waals surface area (Å²) in [6.45, 7) is 3.23. The van der Waals surface area contributed by atoms with Crippen molar-refractivity contribution in [2.24, 2.45) is 0 Å². The molecule has 0 aromatic heterocycles. The highest BCUT2D eigenvalue weighted by Crippen LogP contribution is 2.29. The zero-order chi connectivity index (χ0) is 32.4. The topological polar surface area (TPSA) is 86.8 Å². The summed E-state index contributed by atoms with van der Waals surface area (Å²) < 4.78 is 44.2. The van der Waals surface area contributed by atoms with Crippen molar-refractivity contribution in [1.29, 1.82) is 0 Å². The van der Waals surface area contributed by atoms with Crippen molar-refractivity contribution in [3.05, 3.63) is 131 Å². The van der Waals surface area contributed by atoms with E-state index in [0.717, 1.165) is 22.7 Å². The fourth-order valence-electron chi connectivity index (χ4n) is 5.00. The van der Waals surface area contributed by atoms with Gasteiger partial charge in [-0.25, -0.2) is 12.8 Å². The van der Waals surface area contributed by atoms with Gasteiger partial charge in [0.05, 0.1) is 10.6 Å². The molecule has 1 atom stereocenters. The maximum absolute atomic E-state index is 15.0. The van der Waals surface area contributed by atoms with Crippen molar-refractivity contribution in [3.8, 4) is 0 Å². The largest absolute Gasteiger partial charge is 0.354 e. The molecule has 4 aromatic carbocycles. The van der Waals surface area contributed by atoms with Gasteiger partial charge in [0.15, 0.2) is 0 Å². The molecule has 0 aliphatic heterocycles. The van der Waals surface area contributed by atoms with Gasteiger partial charge in [0.2, 0.25) is 11.8 Å². The van der Waals surface area contributed by atoms with Crippen LogP contribution >= 0.6 is 11.6 Å². The Kier molecular flexibility index (Phi) is 11.7. The molecule has 0 fully saturated rings. The van der Waals surface area contributed by atoms with E-state index in [2.05, 4.69) is 5.32 Å². The summed E-state index contributed by atoms with van der Waals surface area (Å²) >= 11 is 6.20. The summed E-state index contributed by atoms with van der Waals surface area (Å²) in [5.41, 5.74) is 1.79. The number of nitrogens with zero attached hydrogens (tertiary/aromatic N) is 2. The Labute approximate surface area is 269 Å². The van der Waals surface area contributed by atoms with Gasteiger partial charge in [-0.15, -0.1) is 0 Å². The van der Waals surface area contributed by atoms with Gasteiger partial charge < -0.3 is 10.2 Å². The zero-order valence-corrected chi connectivity index (χ0v) is 26.9. The van der Waals surface area contributed by atoms with Crippen LogP contribution in [-0.4, -0.2) is 44.3 Å². The third-order valence-electron chi connectivity index (χ3n) is 7.44. The Balaban J connectivity index is 1.81. The quantitative estimate of drug-likeness (QED) is 0.157. The van der Waals surface area contributed by atoms with Gasteiger partial charge in [-0.1, -0.05) is 91.7 Å². The van der Waals surface area contributed by atoms with E-state index in [4.69, 9.17) is 11.6 Å². The van der Waals surface area contributed by atoms with Gasteiger partial charge >= 0.3 is 0 Å². The third kappa shape index (κ3) is 8.71. The highest BCUT2D eigenvalue weighted by atomic mass is 35.5. The second-order valence-corrected chi connectivity index (χ2v) is 13.0. The molecular formula is C35H37ClFN3O4S. The van der Waals surface area contributed by atoms with Crippen LogP contribution in [0.5, 0.6) is 0 Å². The first-order chi connectivity index (χ1) is 21.6. The minimum absolute atomic E-state index is 0.00838. The van der Waals surface area contributed by atoms with E-state index < -0.39 is 40.2 Å². The summed E-state index contributed by atoms with van der Waals surface area (Å²) in [6, 6.07) is 26.7. The second kappa shape index (κ2) is 15.7. The van der Waals surface area contributed by atoms with Gasteiger partial charge in [0.1, 0.15) is 18.4 Å². The first-order valence-corrected chi connectivity index (χ1v) is 16.6. The molecular weight excluding hydrogens is 613 g/mol. The molecule has 236 valence electrons. The Hall–Kier alpha value is -4.21. The molecule has 0 aliphatic rings. The molecule has 7 nitrogen and oxygen atoms in total. The molecule has 0 unspecified atom stereocenters. The lowest BCUT2D eigenvalue weighted by atomic mass is 10.0. The van der Waals surface area contributed by atoms with Crippen LogP contribution in [0.2, 0.25) is 5.02 Å². The van der Waals surface area contributed by atoms with Crippen molar-refractivity contribution in [3.63, 3.8) is 0 Å². The van der Waals surface area contributed by atoms with Crippen LogP contribution in [0.4, 0.5) is 10.1 Å². The number of anilines is 1. The highest BCUT2D eigenvalue weighted by Gasteiger charge is 2.35. The van der Waals surface area contributed by atoms with Crippen LogP contribution in [0.25, 0.3) is 0 Å². The Morgan fingerprint density at radius 3 is 2.20 bits per heavy atom. The number of hydrogen-bond donors (Lipinski definition) is 1. The second-order valence-electron chi connectivity index (χ2n) is 10.7. The van der Waals surface area contributed by atoms with Crippen LogP contribution < -0.4 is 9.62 Å². The van der Waals surface area contributed by atoms with Gasteiger partial charge in [-0.2, -0.15) is 0 Å². The van der Waals surface area contributed by atoms with Crippen LogP contribution in [0.1, 0.15) is 36.5 Å². The van der Waals surface area contributed by atoms with Crippen molar-refractivity contribution >= 4 is 39.1 Å². The molecule has 0 radical (unpaired) electrons. The van der Waals surface area contributed by atoms with Crippen LogP contribution in [0.15, 0.2) is 108 Å². The smallest absolute Gasteiger partial charge is 0.264 e. The van der Waals surface area contributed by atoms with Crippen LogP contribution in [0, 0.1) is 12.7 Å². The normalized spacial score (nSPS) is 11.9. The van der Waals surface area contributed by atoms with Crippen LogP contribution in [-0.2, 0) is 32.6 Å². The number of hydrogen-bond acceptors (Lipinski definition) is 4. The van der Waals surface area contributed by atoms with Crippen molar-refractivity contribution in [2.75, 3.05) is 17.4 Å². The van der Waals surface area contributed by atoms with Gasteiger partial charge in [0.25, 0.3) is 10.0 Å². The van der Waals surface area contributed by atoms with Gasteiger partial charge in [0, 0.05) is 30.1 Å². The maximum Gasteiger partial charge on any atom is 0.264 e. The average molecular weight is 650 g/mol. The van der Waals surface area contributed by atoms with Crippen molar-refractivity contribution < 1.29 is 22.4 Å². The molecule has 4 rings (SSSR count). The number of amides is 2. The van der Waals surface area contributed by atoms with E-state index in [1.165, 1.54) is 23.1 Å². The summed E-state index contributed by atoms with van der Waals surface area (Å²) in [5.74, 6) is -1.61. The van der Waals surface area contributed by atoms with E-state index in [1.54, 1.807) is 61.5 Å². The molecule has 0 heterocycles.